The van der Waals surface area contributed by atoms with Gasteiger partial charge in [-0.05, 0) is 31.9 Å². The minimum Gasteiger partial charge on any atom is -0.354 e. The molecule has 6 heteroatoms. The minimum atomic E-state index is 0.625. The fourth-order valence-electron chi connectivity index (χ4n) is 3.45. The average Bonchev–Trinajstić information content (AvgIpc) is 3.19. The Morgan fingerprint density at radius 3 is 3.04 bits per heavy atom. The molecule has 6 nitrogen and oxygen atoms in total. The Kier molecular flexibility index (Phi) is 3.91. The molecule has 2 aliphatic heterocycles. The number of guanidine groups is 1. The van der Waals surface area contributed by atoms with Crippen LogP contribution in [0, 0.1) is 0 Å². The molecule has 3 heterocycles. The van der Waals surface area contributed by atoms with Crippen LogP contribution in [-0.2, 0) is 6.67 Å². The van der Waals surface area contributed by atoms with Crippen molar-refractivity contribution in [3.63, 3.8) is 0 Å². The smallest absolute Gasteiger partial charge is 0.211 e. The Bertz CT molecular complexity index is 719. The molecule has 0 saturated carbocycles. The van der Waals surface area contributed by atoms with Gasteiger partial charge in [-0.15, -0.1) is 0 Å². The molecule has 2 aliphatic rings. The van der Waals surface area contributed by atoms with Gasteiger partial charge in [0.05, 0.1) is 24.2 Å². The number of piperidine rings is 1. The van der Waals surface area contributed by atoms with Crippen LogP contribution < -0.4 is 10.6 Å². The van der Waals surface area contributed by atoms with E-state index in [0.717, 1.165) is 43.7 Å². The molecule has 1 unspecified atom stereocenters. The second-order valence-electron chi connectivity index (χ2n) is 6.43. The van der Waals surface area contributed by atoms with Crippen LogP contribution in [0.25, 0.3) is 11.0 Å². The molecule has 4 rings (SSSR count). The van der Waals surface area contributed by atoms with Crippen LogP contribution in [0.15, 0.2) is 29.3 Å². The molecule has 0 aliphatic carbocycles. The number of benzene rings is 1. The van der Waals surface area contributed by atoms with Gasteiger partial charge in [-0.2, -0.15) is 0 Å². The third-order valence-electron chi connectivity index (χ3n) is 4.82. The van der Waals surface area contributed by atoms with Gasteiger partial charge in [0, 0.05) is 19.1 Å². The molecule has 1 atom stereocenters. The summed E-state index contributed by atoms with van der Waals surface area (Å²) in [6, 6.07) is 8.96. The zero-order valence-electron chi connectivity index (χ0n) is 13.6. The van der Waals surface area contributed by atoms with Crippen molar-refractivity contribution >= 4 is 22.9 Å². The van der Waals surface area contributed by atoms with Crippen molar-refractivity contribution in [2.24, 2.45) is 4.99 Å². The summed E-state index contributed by atoms with van der Waals surface area (Å²) in [5.41, 5.74) is 2.20. The normalized spacial score (nSPS) is 22.1. The van der Waals surface area contributed by atoms with E-state index in [2.05, 4.69) is 50.2 Å². The van der Waals surface area contributed by atoms with Gasteiger partial charge in [0.15, 0.2) is 5.96 Å². The molecule has 0 radical (unpaired) electrons. The van der Waals surface area contributed by atoms with Gasteiger partial charge in [-0.25, -0.2) is 4.98 Å². The molecule has 0 amide bonds. The van der Waals surface area contributed by atoms with Gasteiger partial charge >= 0.3 is 0 Å². The van der Waals surface area contributed by atoms with E-state index in [-0.39, 0.29) is 0 Å². The number of imidazole rings is 1. The first-order valence-electron chi connectivity index (χ1n) is 8.56. The largest absolute Gasteiger partial charge is 0.354 e. The number of nitrogens with one attached hydrogen (secondary N) is 2. The molecular formula is C17H24N6. The van der Waals surface area contributed by atoms with Crippen molar-refractivity contribution in [1.29, 1.82) is 0 Å². The maximum atomic E-state index is 4.77. The molecule has 2 aromatic rings. The fourth-order valence-corrected chi connectivity index (χ4v) is 3.45. The first kappa shape index (κ1) is 14.5. The summed E-state index contributed by atoms with van der Waals surface area (Å²) in [5, 5.41) is 6.63. The SMILES string of the molecule is CC1CCCCN1Cn1c(NC2=NCCN2)nc2ccccc21. The van der Waals surface area contributed by atoms with Crippen molar-refractivity contribution in [1.82, 2.24) is 19.8 Å². The highest BCUT2D eigenvalue weighted by molar-refractivity contribution is 5.94. The second kappa shape index (κ2) is 6.20. The first-order valence-corrected chi connectivity index (χ1v) is 8.56. The number of aliphatic imine (C=N–C) groups is 1. The molecule has 2 N–H and O–H groups in total. The van der Waals surface area contributed by atoms with Crippen molar-refractivity contribution in [3.8, 4) is 0 Å². The first-order chi connectivity index (χ1) is 11.3. The van der Waals surface area contributed by atoms with Gasteiger partial charge in [0.25, 0.3) is 0 Å². The molecule has 1 saturated heterocycles. The molecule has 1 fully saturated rings. The maximum absolute atomic E-state index is 4.77. The number of fused-ring (bicyclic) bond motifs is 1. The number of hydrogen-bond donors (Lipinski definition) is 2. The van der Waals surface area contributed by atoms with E-state index in [0.29, 0.717) is 6.04 Å². The van der Waals surface area contributed by atoms with Gasteiger partial charge in [0.1, 0.15) is 0 Å². The third kappa shape index (κ3) is 2.91. The highest BCUT2D eigenvalue weighted by Gasteiger charge is 2.21. The van der Waals surface area contributed by atoms with Crippen LogP contribution in [0.2, 0.25) is 0 Å². The number of likely N-dealkylation sites (tertiary alicyclic amines) is 1. The Labute approximate surface area is 136 Å². The molecule has 23 heavy (non-hydrogen) atoms. The summed E-state index contributed by atoms with van der Waals surface area (Å²) in [6.07, 6.45) is 3.91. The van der Waals surface area contributed by atoms with Gasteiger partial charge in [0.2, 0.25) is 5.95 Å². The number of nitrogens with zero attached hydrogens (tertiary/aromatic N) is 4. The predicted molar refractivity (Wildman–Crippen MR) is 93.7 cm³/mol. The molecule has 122 valence electrons. The van der Waals surface area contributed by atoms with Crippen LogP contribution in [0.5, 0.6) is 0 Å². The lowest BCUT2D eigenvalue weighted by Gasteiger charge is -2.33. The van der Waals surface area contributed by atoms with E-state index in [9.17, 15) is 0 Å². The van der Waals surface area contributed by atoms with Crippen molar-refractivity contribution in [2.75, 3.05) is 25.0 Å². The Morgan fingerprint density at radius 1 is 1.30 bits per heavy atom. The van der Waals surface area contributed by atoms with E-state index in [1.165, 1.54) is 24.8 Å². The summed E-state index contributed by atoms with van der Waals surface area (Å²) >= 11 is 0. The summed E-state index contributed by atoms with van der Waals surface area (Å²) in [6.45, 7) is 6.08. The second-order valence-corrected chi connectivity index (χ2v) is 6.43. The maximum Gasteiger partial charge on any atom is 0.211 e. The lowest BCUT2D eigenvalue weighted by molar-refractivity contribution is 0.125. The molecule has 1 aromatic carbocycles. The van der Waals surface area contributed by atoms with Crippen molar-refractivity contribution in [2.45, 2.75) is 38.9 Å². The predicted octanol–water partition coefficient (Wildman–Crippen LogP) is 2.24. The minimum absolute atomic E-state index is 0.625. The number of rotatable bonds is 3. The Balaban J connectivity index is 1.67. The van der Waals surface area contributed by atoms with E-state index in [1.807, 2.05) is 6.07 Å². The van der Waals surface area contributed by atoms with Crippen LogP contribution in [0.4, 0.5) is 5.95 Å². The molecule has 1 aromatic heterocycles. The Morgan fingerprint density at radius 2 is 2.22 bits per heavy atom. The van der Waals surface area contributed by atoms with Crippen molar-refractivity contribution < 1.29 is 0 Å². The fraction of sp³-hybridized carbons (Fsp3) is 0.529. The number of aromatic nitrogens is 2. The summed E-state index contributed by atoms with van der Waals surface area (Å²) in [4.78, 5) is 11.8. The highest BCUT2D eigenvalue weighted by Crippen LogP contribution is 2.23. The average molecular weight is 312 g/mol. The Hall–Kier alpha value is -2.08. The zero-order valence-corrected chi connectivity index (χ0v) is 13.6. The van der Waals surface area contributed by atoms with Gasteiger partial charge in [-0.1, -0.05) is 18.6 Å². The number of para-hydroxylation sites is 2. The summed E-state index contributed by atoms with van der Waals surface area (Å²) < 4.78 is 2.28. The van der Waals surface area contributed by atoms with Crippen LogP contribution >= 0.6 is 0 Å². The van der Waals surface area contributed by atoms with E-state index < -0.39 is 0 Å². The topological polar surface area (TPSA) is 57.5 Å². The molecular weight excluding hydrogens is 288 g/mol. The zero-order chi connectivity index (χ0) is 15.6. The number of hydrogen-bond acceptors (Lipinski definition) is 5. The van der Waals surface area contributed by atoms with Gasteiger partial charge < -0.3 is 5.32 Å². The van der Waals surface area contributed by atoms with Gasteiger partial charge in [-0.3, -0.25) is 19.8 Å². The van der Waals surface area contributed by atoms with E-state index >= 15 is 0 Å². The summed E-state index contributed by atoms with van der Waals surface area (Å²) in [5.74, 6) is 1.70. The van der Waals surface area contributed by atoms with E-state index in [1.54, 1.807) is 0 Å². The summed E-state index contributed by atoms with van der Waals surface area (Å²) in [7, 11) is 0. The monoisotopic (exact) mass is 312 g/mol. The molecule has 0 bridgehead atoms. The van der Waals surface area contributed by atoms with Crippen LogP contribution in [-0.4, -0.2) is 46.1 Å². The molecule has 0 spiro atoms. The lowest BCUT2D eigenvalue weighted by atomic mass is 10.0. The highest BCUT2D eigenvalue weighted by atomic mass is 15.4. The number of anilines is 1. The quantitative estimate of drug-likeness (QED) is 0.912. The lowest BCUT2D eigenvalue weighted by Crippen LogP contribution is -2.39. The van der Waals surface area contributed by atoms with E-state index in [4.69, 9.17) is 4.98 Å². The van der Waals surface area contributed by atoms with Crippen molar-refractivity contribution in [3.05, 3.63) is 24.3 Å². The standard InChI is InChI=1S/C17H24N6/c1-13-6-4-5-11-22(13)12-23-15-8-3-2-7-14(15)20-17(23)21-16-18-9-10-19-16/h2-3,7-8,13H,4-6,9-12H2,1H3,(H2,18,19,20,21). The third-order valence-corrected chi connectivity index (χ3v) is 4.82. The van der Waals surface area contributed by atoms with Crippen LogP contribution in [0.3, 0.4) is 0 Å². The van der Waals surface area contributed by atoms with Crippen LogP contribution in [0.1, 0.15) is 26.2 Å².